The predicted octanol–water partition coefficient (Wildman–Crippen LogP) is 3.98. The fraction of sp³-hybridized carbons (Fsp3) is 0.500. The van der Waals surface area contributed by atoms with Crippen LogP contribution < -0.4 is 15.5 Å². The highest BCUT2D eigenvalue weighted by molar-refractivity contribution is 8.24. The third-order valence-corrected chi connectivity index (χ3v) is 8.35. The molecule has 3 heterocycles. The number of fused-ring (bicyclic) bond motifs is 1. The topological polar surface area (TPSA) is 120 Å². The van der Waals surface area contributed by atoms with Crippen LogP contribution in [0, 0.1) is 0 Å². The molecule has 0 unspecified atom stereocenters. The summed E-state index contributed by atoms with van der Waals surface area (Å²) >= 11 is 0. The lowest BCUT2D eigenvalue weighted by molar-refractivity contribution is 0.0984. The van der Waals surface area contributed by atoms with E-state index in [9.17, 15) is 13.9 Å². The lowest BCUT2D eigenvalue weighted by Crippen LogP contribution is -2.44. The van der Waals surface area contributed by atoms with E-state index < -0.39 is 15.8 Å². The third kappa shape index (κ3) is 4.15. The van der Waals surface area contributed by atoms with Crippen molar-refractivity contribution in [3.05, 3.63) is 35.5 Å². The number of rotatable bonds is 4. The normalized spacial score (nSPS) is 25.2. The summed E-state index contributed by atoms with van der Waals surface area (Å²) in [6.07, 6.45) is 2.07. The molecule has 1 aromatic heterocycles. The van der Waals surface area contributed by atoms with Gasteiger partial charge >= 0.3 is 6.03 Å². The molecule has 0 spiro atoms. The van der Waals surface area contributed by atoms with Crippen LogP contribution in [0.4, 0.5) is 16.3 Å². The van der Waals surface area contributed by atoms with Crippen LogP contribution in [0.2, 0.25) is 0 Å². The van der Waals surface area contributed by atoms with Gasteiger partial charge in [-0.2, -0.15) is 10.6 Å². The van der Waals surface area contributed by atoms with Crippen LogP contribution in [0.15, 0.2) is 24.3 Å². The second-order valence-corrected chi connectivity index (χ2v) is 11.2. The Kier molecular flexibility index (Phi) is 5.48. The van der Waals surface area contributed by atoms with E-state index in [0.717, 1.165) is 29.8 Å². The first kappa shape index (κ1) is 21.4. The second kappa shape index (κ2) is 8.18. The second-order valence-electron chi connectivity index (χ2n) is 8.80. The summed E-state index contributed by atoms with van der Waals surface area (Å²) in [6, 6.07) is 7.62. The maximum Gasteiger partial charge on any atom is 0.319 e. The minimum atomic E-state index is -2.80. The van der Waals surface area contributed by atoms with Gasteiger partial charge in [-0.1, -0.05) is 0 Å². The van der Waals surface area contributed by atoms with E-state index in [4.69, 9.17) is 14.7 Å². The molecule has 32 heavy (non-hydrogen) atoms. The summed E-state index contributed by atoms with van der Waals surface area (Å²) in [5.41, 5.74) is 3.02. The third-order valence-electron chi connectivity index (χ3n) is 6.28. The number of carbonyl (C=O) groups excluding carboxylic acids is 1. The Morgan fingerprint density at radius 2 is 1.94 bits per heavy atom. The number of benzene rings is 1. The van der Waals surface area contributed by atoms with Gasteiger partial charge in [-0.3, -0.25) is 9.11 Å². The number of ether oxygens (including phenoxy) is 1. The summed E-state index contributed by atoms with van der Waals surface area (Å²) in [5, 5.41) is 5.34. The first-order chi connectivity index (χ1) is 15.3. The Hall–Kier alpha value is -2.40. The SMILES string of the molecule is C[C@H]1COCCN1c1nc(-c2ccc(NC(=O)NC3CC3)cc2)nc2c1[C@H](C)S(O)(O)C2. The van der Waals surface area contributed by atoms with Crippen molar-refractivity contribution in [1.82, 2.24) is 15.3 Å². The molecule has 2 aliphatic heterocycles. The van der Waals surface area contributed by atoms with Gasteiger partial charge in [-0.15, -0.1) is 0 Å². The smallest absolute Gasteiger partial charge is 0.319 e. The number of morpholine rings is 1. The molecule has 0 radical (unpaired) electrons. The molecule has 1 aromatic carbocycles. The largest absolute Gasteiger partial charge is 0.377 e. The number of nitrogens with zero attached hydrogens (tertiary/aromatic N) is 3. The predicted molar refractivity (Wildman–Crippen MR) is 125 cm³/mol. The number of amides is 2. The quantitative estimate of drug-likeness (QED) is 0.546. The highest BCUT2D eigenvalue weighted by Crippen LogP contribution is 2.63. The van der Waals surface area contributed by atoms with Crippen LogP contribution in [0.25, 0.3) is 11.4 Å². The van der Waals surface area contributed by atoms with Gasteiger partial charge < -0.3 is 20.3 Å². The van der Waals surface area contributed by atoms with Gasteiger partial charge in [0.15, 0.2) is 5.82 Å². The zero-order valence-corrected chi connectivity index (χ0v) is 19.1. The summed E-state index contributed by atoms with van der Waals surface area (Å²) in [6.45, 7) is 5.81. The van der Waals surface area contributed by atoms with Gasteiger partial charge in [-0.05, 0) is 51.0 Å². The van der Waals surface area contributed by atoms with Crippen molar-refractivity contribution < 1.29 is 18.6 Å². The van der Waals surface area contributed by atoms with E-state index in [1.165, 1.54) is 0 Å². The highest BCUT2D eigenvalue weighted by Gasteiger charge is 2.40. The summed E-state index contributed by atoms with van der Waals surface area (Å²) < 4.78 is 26.8. The molecule has 10 heteroatoms. The van der Waals surface area contributed by atoms with Crippen molar-refractivity contribution in [2.75, 3.05) is 30.0 Å². The van der Waals surface area contributed by atoms with E-state index in [1.807, 2.05) is 31.2 Å². The zero-order valence-electron chi connectivity index (χ0n) is 18.2. The highest BCUT2D eigenvalue weighted by atomic mass is 32.3. The fourth-order valence-corrected chi connectivity index (χ4v) is 5.71. The van der Waals surface area contributed by atoms with Gasteiger partial charge in [0, 0.05) is 29.4 Å². The molecule has 0 bridgehead atoms. The molecule has 1 saturated heterocycles. The average molecular weight is 460 g/mol. The lowest BCUT2D eigenvalue weighted by Gasteiger charge is -2.37. The standard InChI is InChI=1S/C22H29N5O4S/c1-13-11-31-10-9-27(13)21-19-14(2)32(29,30)12-18(19)25-20(26-21)15-3-5-16(6-4-15)23-22(28)24-17-7-8-17/h3-6,13-14,17,29-30H,7-12H2,1-2H3,(H2,23,24,28)/t13-,14-/m0/s1. The molecule has 2 atom stereocenters. The first-order valence-electron chi connectivity index (χ1n) is 11.0. The molecule has 1 aliphatic carbocycles. The van der Waals surface area contributed by atoms with Crippen LogP contribution in [0.1, 0.15) is 43.2 Å². The molecule has 2 amide bonds. The molecule has 172 valence electrons. The molecular formula is C22H29N5O4S. The number of carbonyl (C=O) groups is 1. The van der Waals surface area contributed by atoms with Crippen LogP contribution in [-0.4, -0.2) is 56.9 Å². The summed E-state index contributed by atoms with van der Waals surface area (Å²) in [4.78, 5) is 23.8. The maximum atomic E-state index is 12.0. The van der Waals surface area contributed by atoms with E-state index >= 15 is 0 Å². The summed E-state index contributed by atoms with van der Waals surface area (Å²) in [5.74, 6) is 1.44. The number of aromatic nitrogens is 2. The Morgan fingerprint density at radius 3 is 2.62 bits per heavy atom. The van der Waals surface area contributed by atoms with E-state index in [-0.39, 0.29) is 17.8 Å². The number of nitrogens with one attached hydrogen (secondary N) is 2. The molecule has 2 fully saturated rings. The van der Waals surface area contributed by atoms with E-state index in [1.54, 1.807) is 0 Å². The summed E-state index contributed by atoms with van der Waals surface area (Å²) in [7, 11) is -2.80. The van der Waals surface area contributed by atoms with Gasteiger partial charge in [-0.25, -0.2) is 14.8 Å². The number of hydrogen-bond acceptors (Lipinski definition) is 7. The van der Waals surface area contributed by atoms with E-state index in [2.05, 4.69) is 22.5 Å². The Morgan fingerprint density at radius 1 is 1.19 bits per heavy atom. The Bertz CT molecular complexity index is 1030. The molecule has 5 rings (SSSR count). The van der Waals surface area contributed by atoms with Crippen LogP contribution in [-0.2, 0) is 10.5 Å². The minimum absolute atomic E-state index is 0.127. The molecule has 4 N–H and O–H groups in total. The lowest BCUT2D eigenvalue weighted by atomic mass is 10.1. The van der Waals surface area contributed by atoms with E-state index in [0.29, 0.717) is 43.0 Å². The van der Waals surface area contributed by atoms with Crippen molar-refractivity contribution in [3.8, 4) is 11.4 Å². The fourth-order valence-electron chi connectivity index (χ4n) is 4.22. The van der Waals surface area contributed by atoms with Crippen LogP contribution in [0.3, 0.4) is 0 Å². The monoisotopic (exact) mass is 459 g/mol. The van der Waals surface area contributed by atoms with Gasteiger partial charge in [0.1, 0.15) is 5.82 Å². The minimum Gasteiger partial charge on any atom is -0.377 e. The van der Waals surface area contributed by atoms with Crippen LogP contribution in [0.5, 0.6) is 0 Å². The molecule has 3 aliphatic rings. The van der Waals surface area contributed by atoms with Crippen molar-refractivity contribution >= 4 is 28.1 Å². The van der Waals surface area contributed by atoms with Crippen molar-refractivity contribution in [2.24, 2.45) is 0 Å². The van der Waals surface area contributed by atoms with Gasteiger partial charge in [0.25, 0.3) is 0 Å². The molecule has 1 saturated carbocycles. The number of anilines is 2. The number of hydrogen-bond donors (Lipinski definition) is 4. The van der Waals surface area contributed by atoms with Gasteiger partial charge in [0.2, 0.25) is 0 Å². The number of urea groups is 1. The molecular weight excluding hydrogens is 430 g/mol. The van der Waals surface area contributed by atoms with Crippen molar-refractivity contribution in [2.45, 2.75) is 49.8 Å². The van der Waals surface area contributed by atoms with Crippen molar-refractivity contribution in [3.63, 3.8) is 0 Å². The molecule has 9 nitrogen and oxygen atoms in total. The zero-order chi connectivity index (χ0) is 22.5. The maximum absolute atomic E-state index is 12.0. The van der Waals surface area contributed by atoms with Crippen molar-refractivity contribution in [1.29, 1.82) is 0 Å². The van der Waals surface area contributed by atoms with Crippen LogP contribution >= 0.6 is 10.6 Å². The first-order valence-corrected chi connectivity index (χ1v) is 12.8. The average Bonchev–Trinajstić information content (AvgIpc) is 3.53. The Balaban J connectivity index is 1.46. The molecule has 2 aromatic rings. The van der Waals surface area contributed by atoms with Gasteiger partial charge in [0.05, 0.1) is 36.0 Å². The Labute approximate surface area is 188 Å².